The lowest BCUT2D eigenvalue weighted by Crippen LogP contribution is -2.13. The second-order valence-corrected chi connectivity index (χ2v) is 5.01. The van der Waals surface area contributed by atoms with E-state index in [4.69, 9.17) is 17.3 Å². The Labute approximate surface area is 113 Å². The van der Waals surface area contributed by atoms with Crippen LogP contribution >= 0.6 is 23.4 Å². The normalized spacial score (nSPS) is 10.6. The van der Waals surface area contributed by atoms with Crippen molar-refractivity contribution in [2.75, 3.05) is 5.75 Å². The van der Waals surface area contributed by atoms with E-state index in [2.05, 4.69) is 10.2 Å². The summed E-state index contributed by atoms with van der Waals surface area (Å²) in [6, 6.07) is 7.36. The number of primary amides is 1. The van der Waals surface area contributed by atoms with Crippen molar-refractivity contribution in [3.8, 4) is 11.4 Å². The van der Waals surface area contributed by atoms with Crippen LogP contribution in [-0.2, 0) is 11.8 Å². The van der Waals surface area contributed by atoms with Crippen LogP contribution in [0.1, 0.15) is 0 Å². The second-order valence-electron chi connectivity index (χ2n) is 3.63. The maximum absolute atomic E-state index is 10.7. The van der Waals surface area contributed by atoms with Crippen molar-refractivity contribution in [3.05, 3.63) is 29.3 Å². The molecule has 0 saturated carbocycles. The van der Waals surface area contributed by atoms with Crippen LogP contribution < -0.4 is 5.73 Å². The van der Waals surface area contributed by atoms with Crippen LogP contribution in [0.3, 0.4) is 0 Å². The van der Waals surface area contributed by atoms with Crippen molar-refractivity contribution < 1.29 is 4.79 Å². The van der Waals surface area contributed by atoms with Crippen molar-refractivity contribution in [2.24, 2.45) is 12.8 Å². The minimum atomic E-state index is -0.382. The molecule has 0 saturated heterocycles. The minimum absolute atomic E-state index is 0.182. The molecule has 0 radical (unpaired) electrons. The SMILES string of the molecule is Cn1c(SCC(N)=O)nnc1-c1cccc(Cl)c1. The number of halogens is 1. The Morgan fingerprint density at radius 1 is 1.50 bits per heavy atom. The van der Waals surface area contributed by atoms with Gasteiger partial charge in [-0.3, -0.25) is 4.79 Å². The number of carbonyl (C=O) groups excluding carboxylic acids is 1. The molecule has 1 amide bonds. The molecule has 0 aliphatic rings. The van der Waals surface area contributed by atoms with Crippen LogP contribution in [-0.4, -0.2) is 26.4 Å². The van der Waals surface area contributed by atoms with Crippen LogP contribution in [0.4, 0.5) is 0 Å². The number of hydrogen-bond acceptors (Lipinski definition) is 4. The third kappa shape index (κ3) is 2.83. The van der Waals surface area contributed by atoms with E-state index >= 15 is 0 Å². The quantitative estimate of drug-likeness (QED) is 0.867. The lowest BCUT2D eigenvalue weighted by Gasteiger charge is -2.03. The second kappa shape index (κ2) is 5.41. The molecule has 2 aromatic rings. The number of amides is 1. The molecule has 0 atom stereocenters. The maximum Gasteiger partial charge on any atom is 0.227 e. The highest BCUT2D eigenvalue weighted by Crippen LogP contribution is 2.24. The zero-order valence-electron chi connectivity index (χ0n) is 9.63. The third-order valence-electron chi connectivity index (χ3n) is 2.26. The Balaban J connectivity index is 2.28. The molecule has 1 aromatic heterocycles. The molecular weight excluding hydrogens is 272 g/mol. The summed E-state index contributed by atoms with van der Waals surface area (Å²) in [5.41, 5.74) is 5.97. The fourth-order valence-electron chi connectivity index (χ4n) is 1.46. The van der Waals surface area contributed by atoms with Crippen LogP contribution in [0, 0.1) is 0 Å². The van der Waals surface area contributed by atoms with Gasteiger partial charge in [-0.15, -0.1) is 10.2 Å². The first kappa shape index (κ1) is 12.9. The van der Waals surface area contributed by atoms with Crippen LogP contribution in [0.2, 0.25) is 5.02 Å². The first-order chi connectivity index (χ1) is 8.58. The van der Waals surface area contributed by atoms with Gasteiger partial charge in [0.15, 0.2) is 11.0 Å². The highest BCUT2D eigenvalue weighted by Gasteiger charge is 2.12. The van der Waals surface area contributed by atoms with Crippen LogP contribution in [0.5, 0.6) is 0 Å². The van der Waals surface area contributed by atoms with Crippen LogP contribution in [0.25, 0.3) is 11.4 Å². The number of aromatic nitrogens is 3. The van der Waals surface area contributed by atoms with E-state index in [0.29, 0.717) is 16.0 Å². The average Bonchev–Trinajstić information content (AvgIpc) is 2.68. The third-order valence-corrected chi connectivity index (χ3v) is 3.54. The molecule has 1 heterocycles. The van der Waals surface area contributed by atoms with Gasteiger partial charge in [-0.25, -0.2) is 0 Å². The summed E-state index contributed by atoms with van der Waals surface area (Å²) in [4.78, 5) is 10.7. The Kier molecular flexibility index (Phi) is 3.88. The number of benzene rings is 1. The number of rotatable bonds is 4. The number of nitrogens with two attached hydrogens (primary N) is 1. The van der Waals surface area contributed by atoms with E-state index in [1.54, 1.807) is 10.6 Å². The lowest BCUT2D eigenvalue weighted by atomic mass is 10.2. The van der Waals surface area contributed by atoms with E-state index in [1.807, 2.05) is 25.2 Å². The van der Waals surface area contributed by atoms with Gasteiger partial charge in [0.1, 0.15) is 0 Å². The number of hydrogen-bond donors (Lipinski definition) is 1. The fourth-order valence-corrected chi connectivity index (χ4v) is 2.30. The van der Waals surface area contributed by atoms with Gasteiger partial charge in [0.05, 0.1) is 5.75 Å². The standard InChI is InChI=1S/C11H11ClN4OS/c1-16-10(7-3-2-4-8(12)5-7)14-15-11(16)18-6-9(13)17/h2-5H,6H2,1H3,(H2,13,17). The smallest absolute Gasteiger partial charge is 0.227 e. The molecule has 5 nitrogen and oxygen atoms in total. The topological polar surface area (TPSA) is 73.8 Å². The molecule has 1 aromatic carbocycles. The summed E-state index contributed by atoms with van der Waals surface area (Å²) < 4.78 is 1.80. The van der Waals surface area contributed by atoms with E-state index in [1.165, 1.54) is 11.8 Å². The zero-order chi connectivity index (χ0) is 13.1. The van der Waals surface area contributed by atoms with Crippen molar-refractivity contribution in [1.82, 2.24) is 14.8 Å². The minimum Gasteiger partial charge on any atom is -0.369 e. The Hall–Kier alpha value is -1.53. The van der Waals surface area contributed by atoms with E-state index in [9.17, 15) is 4.79 Å². The number of nitrogens with zero attached hydrogens (tertiary/aromatic N) is 3. The molecule has 0 spiro atoms. The molecular formula is C11H11ClN4OS. The molecule has 18 heavy (non-hydrogen) atoms. The van der Waals surface area contributed by atoms with Crippen molar-refractivity contribution in [3.63, 3.8) is 0 Å². The number of carbonyl (C=O) groups is 1. The zero-order valence-corrected chi connectivity index (χ0v) is 11.2. The summed E-state index contributed by atoms with van der Waals surface area (Å²) in [7, 11) is 1.83. The number of thioether (sulfide) groups is 1. The Morgan fingerprint density at radius 3 is 2.94 bits per heavy atom. The highest BCUT2D eigenvalue weighted by molar-refractivity contribution is 7.99. The molecule has 0 fully saturated rings. The van der Waals surface area contributed by atoms with Gasteiger partial charge >= 0.3 is 0 Å². The summed E-state index contributed by atoms with van der Waals surface area (Å²) in [6.07, 6.45) is 0. The first-order valence-corrected chi connectivity index (χ1v) is 6.50. The van der Waals surface area contributed by atoms with Crippen LogP contribution in [0.15, 0.2) is 29.4 Å². The molecule has 7 heteroatoms. The molecule has 0 aliphatic heterocycles. The molecule has 0 unspecified atom stereocenters. The van der Waals surface area contributed by atoms with E-state index in [0.717, 1.165) is 5.56 Å². The first-order valence-electron chi connectivity index (χ1n) is 5.14. The molecule has 0 aliphatic carbocycles. The predicted octanol–water partition coefficient (Wildman–Crippen LogP) is 1.71. The molecule has 2 rings (SSSR count). The monoisotopic (exact) mass is 282 g/mol. The summed E-state index contributed by atoms with van der Waals surface area (Å²) >= 11 is 7.19. The molecule has 2 N–H and O–H groups in total. The highest BCUT2D eigenvalue weighted by atomic mass is 35.5. The fraction of sp³-hybridized carbons (Fsp3) is 0.182. The van der Waals surface area contributed by atoms with Crippen molar-refractivity contribution in [2.45, 2.75) is 5.16 Å². The maximum atomic E-state index is 10.7. The van der Waals surface area contributed by atoms with Gasteiger partial charge in [-0.05, 0) is 12.1 Å². The lowest BCUT2D eigenvalue weighted by molar-refractivity contribution is -0.115. The Bertz CT molecular complexity index is 584. The summed E-state index contributed by atoms with van der Waals surface area (Å²) in [5, 5.41) is 9.39. The van der Waals surface area contributed by atoms with Gasteiger partial charge in [0.25, 0.3) is 0 Å². The summed E-state index contributed by atoms with van der Waals surface area (Å²) in [5.74, 6) is 0.499. The van der Waals surface area contributed by atoms with Crippen molar-refractivity contribution in [1.29, 1.82) is 0 Å². The van der Waals surface area contributed by atoms with Gasteiger partial charge in [0, 0.05) is 17.6 Å². The van der Waals surface area contributed by atoms with Gasteiger partial charge < -0.3 is 10.3 Å². The predicted molar refractivity (Wildman–Crippen MR) is 71.4 cm³/mol. The van der Waals surface area contributed by atoms with Gasteiger partial charge in [-0.2, -0.15) is 0 Å². The van der Waals surface area contributed by atoms with Gasteiger partial charge in [-0.1, -0.05) is 35.5 Å². The van der Waals surface area contributed by atoms with E-state index in [-0.39, 0.29) is 11.7 Å². The molecule has 0 bridgehead atoms. The summed E-state index contributed by atoms with van der Waals surface area (Å²) in [6.45, 7) is 0. The molecule has 94 valence electrons. The Morgan fingerprint density at radius 2 is 2.28 bits per heavy atom. The van der Waals surface area contributed by atoms with Crippen molar-refractivity contribution >= 4 is 29.3 Å². The van der Waals surface area contributed by atoms with E-state index < -0.39 is 0 Å². The average molecular weight is 283 g/mol. The largest absolute Gasteiger partial charge is 0.369 e. The van der Waals surface area contributed by atoms with Gasteiger partial charge in [0.2, 0.25) is 5.91 Å².